The molecule has 2 aromatic rings. The van der Waals surface area contributed by atoms with Crippen LogP contribution in [-0.4, -0.2) is 27.2 Å². The fraction of sp³-hybridized carbons (Fsp3) is 0.211. The lowest BCUT2D eigenvalue weighted by molar-refractivity contribution is 0.102. The van der Waals surface area contributed by atoms with E-state index in [0.717, 1.165) is 11.3 Å². The standard InChI is InChI=1S/C19H21NO4/c1-5-6-13-11-14(7-10-17(13)23-3)19(21)20-16-9-8-15(22-2)12-18(16)24-4/h5,7-12H,1,6H2,2-4H3,(H,20,21). The molecule has 0 unspecified atom stereocenters. The van der Waals surface area contributed by atoms with Crippen LogP contribution >= 0.6 is 0 Å². The Morgan fingerprint density at radius 1 is 1.04 bits per heavy atom. The molecule has 0 aliphatic heterocycles. The molecule has 0 bridgehead atoms. The van der Waals surface area contributed by atoms with E-state index in [1.54, 1.807) is 63.8 Å². The second kappa shape index (κ2) is 8.06. The summed E-state index contributed by atoms with van der Waals surface area (Å²) in [5, 5.41) is 2.85. The number of nitrogens with one attached hydrogen (secondary N) is 1. The maximum atomic E-state index is 12.5. The van der Waals surface area contributed by atoms with Gasteiger partial charge < -0.3 is 19.5 Å². The number of hydrogen-bond donors (Lipinski definition) is 1. The lowest BCUT2D eigenvalue weighted by Crippen LogP contribution is -2.13. The molecule has 0 aromatic heterocycles. The SMILES string of the molecule is C=CCc1cc(C(=O)Nc2ccc(OC)cc2OC)ccc1OC. The van der Waals surface area contributed by atoms with Crippen LogP contribution in [0, 0.1) is 0 Å². The van der Waals surface area contributed by atoms with Crippen LogP contribution in [0.1, 0.15) is 15.9 Å². The fourth-order valence-electron chi connectivity index (χ4n) is 2.33. The summed E-state index contributed by atoms with van der Waals surface area (Å²) in [7, 11) is 4.72. The van der Waals surface area contributed by atoms with E-state index >= 15 is 0 Å². The molecule has 0 fully saturated rings. The maximum absolute atomic E-state index is 12.5. The average molecular weight is 327 g/mol. The summed E-state index contributed by atoms with van der Waals surface area (Å²) < 4.78 is 15.7. The van der Waals surface area contributed by atoms with Gasteiger partial charge in [0, 0.05) is 11.6 Å². The Hall–Kier alpha value is -2.95. The summed E-state index contributed by atoms with van der Waals surface area (Å²) in [5.41, 5.74) is 2.01. The van der Waals surface area contributed by atoms with Crippen molar-refractivity contribution < 1.29 is 19.0 Å². The van der Waals surface area contributed by atoms with Gasteiger partial charge in [-0.15, -0.1) is 6.58 Å². The van der Waals surface area contributed by atoms with E-state index in [0.29, 0.717) is 29.2 Å². The zero-order chi connectivity index (χ0) is 17.5. The molecule has 1 N–H and O–H groups in total. The van der Waals surface area contributed by atoms with Crippen molar-refractivity contribution >= 4 is 11.6 Å². The Bertz CT molecular complexity index is 740. The van der Waals surface area contributed by atoms with E-state index in [4.69, 9.17) is 14.2 Å². The van der Waals surface area contributed by atoms with Crippen LogP contribution in [0.25, 0.3) is 0 Å². The second-order valence-electron chi connectivity index (χ2n) is 5.04. The average Bonchev–Trinajstić information content (AvgIpc) is 2.62. The molecular weight excluding hydrogens is 306 g/mol. The number of anilines is 1. The highest BCUT2D eigenvalue weighted by Crippen LogP contribution is 2.29. The van der Waals surface area contributed by atoms with Crippen LogP contribution in [-0.2, 0) is 6.42 Å². The van der Waals surface area contributed by atoms with Crippen LogP contribution < -0.4 is 19.5 Å². The molecule has 1 amide bonds. The topological polar surface area (TPSA) is 56.8 Å². The van der Waals surface area contributed by atoms with E-state index in [1.807, 2.05) is 0 Å². The van der Waals surface area contributed by atoms with E-state index in [2.05, 4.69) is 11.9 Å². The largest absolute Gasteiger partial charge is 0.497 e. The Morgan fingerprint density at radius 3 is 2.42 bits per heavy atom. The van der Waals surface area contributed by atoms with Gasteiger partial charge in [0.15, 0.2) is 0 Å². The molecule has 2 rings (SSSR count). The van der Waals surface area contributed by atoms with Crippen LogP contribution in [0.2, 0.25) is 0 Å². The molecule has 24 heavy (non-hydrogen) atoms. The van der Waals surface area contributed by atoms with Crippen molar-refractivity contribution in [2.75, 3.05) is 26.6 Å². The molecule has 5 nitrogen and oxygen atoms in total. The zero-order valence-electron chi connectivity index (χ0n) is 14.1. The Kier molecular flexibility index (Phi) is 5.84. The van der Waals surface area contributed by atoms with Gasteiger partial charge in [-0.1, -0.05) is 6.08 Å². The van der Waals surface area contributed by atoms with E-state index in [1.165, 1.54) is 0 Å². The Balaban J connectivity index is 2.26. The summed E-state index contributed by atoms with van der Waals surface area (Å²) in [5.74, 6) is 1.69. The molecule has 0 spiro atoms. The zero-order valence-corrected chi connectivity index (χ0v) is 14.1. The summed E-state index contributed by atoms with van der Waals surface area (Å²) in [4.78, 5) is 12.5. The minimum absolute atomic E-state index is 0.230. The van der Waals surface area contributed by atoms with E-state index in [9.17, 15) is 4.79 Å². The van der Waals surface area contributed by atoms with Crippen molar-refractivity contribution in [2.24, 2.45) is 0 Å². The van der Waals surface area contributed by atoms with Gasteiger partial charge in [-0.05, 0) is 42.3 Å². The van der Waals surface area contributed by atoms with Crippen molar-refractivity contribution in [1.82, 2.24) is 0 Å². The summed E-state index contributed by atoms with van der Waals surface area (Å²) >= 11 is 0. The predicted molar refractivity (Wildman–Crippen MR) is 94.4 cm³/mol. The molecule has 0 saturated carbocycles. The van der Waals surface area contributed by atoms with Gasteiger partial charge in [-0.25, -0.2) is 0 Å². The Morgan fingerprint density at radius 2 is 1.79 bits per heavy atom. The molecule has 0 aliphatic carbocycles. The van der Waals surface area contributed by atoms with Gasteiger partial charge in [0.25, 0.3) is 5.91 Å². The summed E-state index contributed by atoms with van der Waals surface area (Å²) in [6.45, 7) is 3.73. The third kappa shape index (κ3) is 3.87. The minimum Gasteiger partial charge on any atom is -0.497 e. The second-order valence-corrected chi connectivity index (χ2v) is 5.04. The number of methoxy groups -OCH3 is 3. The first-order valence-electron chi connectivity index (χ1n) is 7.44. The predicted octanol–water partition coefficient (Wildman–Crippen LogP) is 3.69. The van der Waals surface area contributed by atoms with Gasteiger partial charge in [0.05, 0.1) is 27.0 Å². The number of carbonyl (C=O) groups is 1. The molecule has 0 heterocycles. The Labute approximate surface area is 141 Å². The minimum atomic E-state index is -0.230. The summed E-state index contributed by atoms with van der Waals surface area (Å²) in [6.07, 6.45) is 2.39. The third-order valence-electron chi connectivity index (χ3n) is 3.56. The highest BCUT2D eigenvalue weighted by Gasteiger charge is 2.13. The number of carbonyl (C=O) groups excluding carboxylic acids is 1. The number of hydrogen-bond acceptors (Lipinski definition) is 4. The van der Waals surface area contributed by atoms with Gasteiger partial charge in [-0.2, -0.15) is 0 Å². The highest BCUT2D eigenvalue weighted by molar-refractivity contribution is 6.05. The van der Waals surface area contributed by atoms with Crippen molar-refractivity contribution in [1.29, 1.82) is 0 Å². The van der Waals surface area contributed by atoms with Gasteiger partial charge in [0.2, 0.25) is 0 Å². The number of rotatable bonds is 7. The first-order valence-corrected chi connectivity index (χ1v) is 7.44. The number of amides is 1. The number of benzene rings is 2. The molecule has 5 heteroatoms. The van der Waals surface area contributed by atoms with E-state index < -0.39 is 0 Å². The first kappa shape index (κ1) is 17.4. The van der Waals surface area contributed by atoms with Crippen LogP contribution in [0.3, 0.4) is 0 Å². The van der Waals surface area contributed by atoms with E-state index in [-0.39, 0.29) is 5.91 Å². The van der Waals surface area contributed by atoms with Crippen molar-refractivity contribution in [3.63, 3.8) is 0 Å². The quantitative estimate of drug-likeness (QED) is 0.788. The lowest BCUT2D eigenvalue weighted by Gasteiger charge is -2.13. The normalized spacial score (nSPS) is 9.96. The van der Waals surface area contributed by atoms with Crippen molar-refractivity contribution in [2.45, 2.75) is 6.42 Å². The molecule has 0 atom stereocenters. The summed E-state index contributed by atoms with van der Waals surface area (Å²) in [6, 6.07) is 10.5. The molecular formula is C19H21NO4. The van der Waals surface area contributed by atoms with Gasteiger partial charge >= 0.3 is 0 Å². The first-order chi connectivity index (χ1) is 11.6. The molecule has 0 saturated heterocycles. The third-order valence-corrected chi connectivity index (χ3v) is 3.56. The highest BCUT2D eigenvalue weighted by atomic mass is 16.5. The number of ether oxygens (including phenoxy) is 3. The number of allylic oxidation sites excluding steroid dienone is 1. The fourth-order valence-corrected chi connectivity index (χ4v) is 2.33. The monoisotopic (exact) mass is 327 g/mol. The van der Waals surface area contributed by atoms with Crippen LogP contribution in [0.15, 0.2) is 49.1 Å². The smallest absolute Gasteiger partial charge is 0.255 e. The lowest BCUT2D eigenvalue weighted by atomic mass is 10.1. The maximum Gasteiger partial charge on any atom is 0.255 e. The molecule has 126 valence electrons. The van der Waals surface area contributed by atoms with Gasteiger partial charge in [-0.3, -0.25) is 4.79 Å². The van der Waals surface area contributed by atoms with Crippen LogP contribution in [0.5, 0.6) is 17.2 Å². The van der Waals surface area contributed by atoms with Gasteiger partial charge in [0.1, 0.15) is 17.2 Å². The molecule has 0 aliphatic rings. The van der Waals surface area contributed by atoms with Crippen molar-refractivity contribution in [3.05, 3.63) is 60.2 Å². The molecule has 0 radical (unpaired) electrons. The van der Waals surface area contributed by atoms with Crippen LogP contribution in [0.4, 0.5) is 5.69 Å². The van der Waals surface area contributed by atoms with Crippen molar-refractivity contribution in [3.8, 4) is 17.2 Å². The molecule has 2 aromatic carbocycles.